The van der Waals surface area contributed by atoms with Crippen LogP contribution in [0.2, 0.25) is 0 Å². The van der Waals surface area contributed by atoms with Crippen LogP contribution in [0.3, 0.4) is 0 Å². The molecule has 1 aliphatic carbocycles. The van der Waals surface area contributed by atoms with Crippen LogP contribution in [0.1, 0.15) is 55.7 Å². The second-order valence-electron chi connectivity index (χ2n) is 8.28. The Labute approximate surface area is 188 Å². The van der Waals surface area contributed by atoms with Crippen molar-refractivity contribution < 1.29 is 0 Å². The van der Waals surface area contributed by atoms with E-state index >= 15 is 0 Å². The number of hydrogen-bond donors (Lipinski definition) is 0. The lowest BCUT2D eigenvalue weighted by Crippen LogP contribution is -2.03. The summed E-state index contributed by atoms with van der Waals surface area (Å²) in [7, 11) is 0. The fraction of sp³-hybridized carbons (Fsp3) is 0.226. The van der Waals surface area contributed by atoms with Crippen molar-refractivity contribution in [2.24, 2.45) is 5.92 Å². The summed E-state index contributed by atoms with van der Waals surface area (Å²) in [6.07, 6.45) is 12.9. The van der Waals surface area contributed by atoms with Crippen LogP contribution in [0.25, 0.3) is 17.7 Å². The van der Waals surface area contributed by atoms with Gasteiger partial charge in [0.25, 0.3) is 0 Å². The van der Waals surface area contributed by atoms with E-state index in [1.54, 1.807) is 5.57 Å². The normalized spacial score (nSPS) is 19.1. The molecule has 0 N–H and O–H groups in total. The summed E-state index contributed by atoms with van der Waals surface area (Å²) in [5.41, 5.74) is 6.92. The third-order valence-corrected chi connectivity index (χ3v) is 5.76. The lowest BCUT2D eigenvalue weighted by Gasteiger charge is -2.21. The molecule has 4 rings (SSSR count). The number of rotatable bonds is 4. The average Bonchev–Trinajstić information content (AvgIpc) is 2.83. The first-order valence-corrected chi connectivity index (χ1v) is 11.4. The molecule has 0 heteroatoms. The number of benzene rings is 3. The topological polar surface area (TPSA) is 0 Å². The molecule has 1 aliphatic rings. The van der Waals surface area contributed by atoms with E-state index in [1.165, 1.54) is 54.4 Å². The molecule has 3 aromatic carbocycles. The fourth-order valence-corrected chi connectivity index (χ4v) is 4.04. The quantitative estimate of drug-likeness (QED) is 0.405. The summed E-state index contributed by atoms with van der Waals surface area (Å²) >= 11 is 0. The first kappa shape index (κ1) is 22.6. The van der Waals surface area contributed by atoms with Gasteiger partial charge in [-0.05, 0) is 53.0 Å². The van der Waals surface area contributed by atoms with E-state index in [4.69, 9.17) is 0 Å². The Hall–Kier alpha value is -3.12. The van der Waals surface area contributed by atoms with Gasteiger partial charge in [-0.3, -0.25) is 0 Å². The van der Waals surface area contributed by atoms with Crippen molar-refractivity contribution in [1.82, 2.24) is 0 Å². The van der Waals surface area contributed by atoms with Crippen LogP contribution in [0, 0.1) is 5.92 Å². The molecular weight excluding hydrogens is 372 g/mol. The Morgan fingerprint density at radius 1 is 0.710 bits per heavy atom. The van der Waals surface area contributed by atoms with Crippen molar-refractivity contribution in [2.75, 3.05) is 0 Å². The highest BCUT2D eigenvalue weighted by Crippen LogP contribution is 2.33. The lowest BCUT2D eigenvalue weighted by molar-refractivity contribution is 0.491. The van der Waals surface area contributed by atoms with Gasteiger partial charge < -0.3 is 0 Å². The molecule has 0 aliphatic heterocycles. The maximum absolute atomic E-state index is 3.63. The maximum atomic E-state index is 3.63. The largest absolute Gasteiger partial charge is 0.0985 e. The van der Waals surface area contributed by atoms with Crippen molar-refractivity contribution in [1.29, 1.82) is 0 Å². The van der Waals surface area contributed by atoms with Crippen LogP contribution in [0.15, 0.2) is 109 Å². The van der Waals surface area contributed by atoms with Crippen LogP contribution in [-0.2, 0) is 0 Å². The maximum Gasteiger partial charge on any atom is -0.0222 e. The molecule has 31 heavy (non-hydrogen) atoms. The van der Waals surface area contributed by atoms with Gasteiger partial charge in [-0.25, -0.2) is 0 Å². The fourth-order valence-electron chi connectivity index (χ4n) is 4.04. The Morgan fingerprint density at radius 2 is 1.29 bits per heavy atom. The van der Waals surface area contributed by atoms with Crippen molar-refractivity contribution in [3.63, 3.8) is 0 Å². The first-order chi connectivity index (χ1) is 15.3. The Morgan fingerprint density at radius 3 is 1.87 bits per heavy atom. The van der Waals surface area contributed by atoms with E-state index in [0.29, 0.717) is 0 Å². The lowest BCUT2D eigenvalue weighted by atomic mass is 9.84. The number of allylic oxidation sites excluding steroid dienone is 3. The van der Waals surface area contributed by atoms with Crippen molar-refractivity contribution >= 4 is 17.7 Å². The van der Waals surface area contributed by atoms with E-state index in [-0.39, 0.29) is 0 Å². The molecule has 1 atom stereocenters. The summed E-state index contributed by atoms with van der Waals surface area (Å²) in [6.45, 7) is 6.02. The molecule has 0 amide bonds. The molecular formula is C31H34. The van der Waals surface area contributed by atoms with E-state index in [9.17, 15) is 0 Å². The third kappa shape index (κ3) is 7.57. The Kier molecular flexibility index (Phi) is 9.13. The van der Waals surface area contributed by atoms with Crippen LogP contribution >= 0.6 is 0 Å². The predicted octanol–water partition coefficient (Wildman–Crippen LogP) is 9.08. The Bertz CT molecular complexity index is 962. The molecule has 0 heterocycles. The van der Waals surface area contributed by atoms with Crippen LogP contribution in [0.5, 0.6) is 0 Å². The molecule has 158 valence electrons. The molecule has 3 aromatic rings. The third-order valence-electron chi connectivity index (χ3n) is 5.76. The average molecular weight is 407 g/mol. The minimum atomic E-state index is 0.768. The SMILES string of the molecule is C=Cc1ccccc1.CC1CCCC/C(c2ccccc2)=C(/C=Cc2ccccc2)C1. The Balaban J connectivity index is 0.000000287. The molecule has 0 saturated heterocycles. The molecule has 0 aromatic heterocycles. The van der Waals surface area contributed by atoms with Gasteiger partial charge in [-0.15, -0.1) is 0 Å². The van der Waals surface area contributed by atoms with Gasteiger partial charge in [-0.1, -0.05) is 136 Å². The van der Waals surface area contributed by atoms with Crippen molar-refractivity contribution in [2.45, 2.75) is 39.0 Å². The minimum absolute atomic E-state index is 0.768. The second kappa shape index (κ2) is 12.5. The van der Waals surface area contributed by atoms with Gasteiger partial charge in [0.05, 0.1) is 0 Å². The van der Waals surface area contributed by atoms with Crippen LogP contribution < -0.4 is 0 Å². The van der Waals surface area contributed by atoms with Crippen molar-refractivity contribution in [3.05, 3.63) is 126 Å². The molecule has 0 spiro atoms. The molecule has 0 saturated carbocycles. The van der Waals surface area contributed by atoms with Gasteiger partial charge in [0.15, 0.2) is 0 Å². The van der Waals surface area contributed by atoms with Gasteiger partial charge in [0, 0.05) is 0 Å². The van der Waals surface area contributed by atoms with Gasteiger partial charge in [0.1, 0.15) is 0 Å². The molecule has 0 bridgehead atoms. The summed E-state index contributed by atoms with van der Waals surface area (Å²) in [4.78, 5) is 0. The van der Waals surface area contributed by atoms with Gasteiger partial charge in [0.2, 0.25) is 0 Å². The second-order valence-corrected chi connectivity index (χ2v) is 8.28. The molecule has 0 fully saturated rings. The van der Waals surface area contributed by atoms with Crippen LogP contribution in [-0.4, -0.2) is 0 Å². The molecule has 0 radical (unpaired) electrons. The summed E-state index contributed by atoms with van der Waals surface area (Å²) in [6, 6.07) is 31.6. The minimum Gasteiger partial charge on any atom is -0.0985 e. The van der Waals surface area contributed by atoms with Crippen molar-refractivity contribution in [3.8, 4) is 0 Å². The van der Waals surface area contributed by atoms with Gasteiger partial charge >= 0.3 is 0 Å². The van der Waals surface area contributed by atoms with E-state index < -0.39 is 0 Å². The summed E-state index contributed by atoms with van der Waals surface area (Å²) in [5, 5.41) is 0. The van der Waals surface area contributed by atoms with E-state index in [0.717, 1.165) is 5.92 Å². The zero-order valence-corrected chi connectivity index (χ0v) is 18.7. The zero-order valence-electron chi connectivity index (χ0n) is 18.7. The van der Waals surface area contributed by atoms with Crippen LogP contribution in [0.4, 0.5) is 0 Å². The highest BCUT2D eigenvalue weighted by molar-refractivity contribution is 5.73. The zero-order chi connectivity index (χ0) is 21.7. The summed E-state index contributed by atoms with van der Waals surface area (Å²) < 4.78 is 0. The summed E-state index contributed by atoms with van der Waals surface area (Å²) in [5.74, 6) is 0.768. The monoisotopic (exact) mass is 406 g/mol. The standard InChI is InChI=1S/C23H26.C8H8/c1-19-10-8-9-15-23(21-13-6-3-7-14-21)22(18-19)17-16-20-11-4-2-5-12-20;1-2-8-6-4-3-5-7-8/h2-7,11-14,16-17,19H,8-10,15,18H2,1H3;2-7H,1H2/b17-16?,23-22+;. The smallest absolute Gasteiger partial charge is 0.0222 e. The highest BCUT2D eigenvalue weighted by Gasteiger charge is 2.14. The molecule has 0 nitrogen and oxygen atoms in total. The van der Waals surface area contributed by atoms with E-state index in [2.05, 4.69) is 86.3 Å². The first-order valence-electron chi connectivity index (χ1n) is 11.4. The molecule has 1 unspecified atom stereocenters. The van der Waals surface area contributed by atoms with E-state index in [1.807, 2.05) is 36.4 Å². The van der Waals surface area contributed by atoms with Gasteiger partial charge in [-0.2, -0.15) is 0 Å². The highest BCUT2D eigenvalue weighted by atomic mass is 14.2. The predicted molar refractivity (Wildman–Crippen MR) is 138 cm³/mol. The number of hydrogen-bond acceptors (Lipinski definition) is 0.